The molecule has 7 aromatic rings. The normalized spacial score (nSPS) is 12.5. The Morgan fingerprint density at radius 2 is 1.01 bits per heavy atom. The van der Waals surface area contributed by atoms with E-state index in [1.807, 2.05) is 52.0 Å². The minimum atomic E-state index is -4.51. The van der Waals surface area contributed by atoms with Gasteiger partial charge in [0.05, 0.1) is 38.0 Å². The third kappa shape index (κ3) is 12.2. The zero-order valence-electron chi connectivity index (χ0n) is 35.8. The lowest BCUT2D eigenvalue weighted by Gasteiger charge is -2.22. The van der Waals surface area contributed by atoms with Crippen molar-refractivity contribution in [2.24, 2.45) is 20.5 Å². The smallest absolute Gasteiger partial charge is 0.294 e. The Morgan fingerprint density at radius 3 is 1.40 bits per heavy atom. The van der Waals surface area contributed by atoms with E-state index in [0.717, 1.165) is 46.2 Å². The summed E-state index contributed by atoms with van der Waals surface area (Å²) >= 11 is 2.91. The second kappa shape index (κ2) is 20.6. The lowest BCUT2D eigenvalue weighted by atomic mass is 10.2. The molecule has 0 fully saturated rings. The number of thioether (sulfide) groups is 1. The van der Waals surface area contributed by atoms with Gasteiger partial charge in [-0.05, 0) is 124 Å². The molecule has 0 bridgehead atoms. The molecule has 5 N–H and O–H groups in total. The van der Waals surface area contributed by atoms with Crippen molar-refractivity contribution in [2.45, 2.75) is 42.6 Å². The zero-order valence-corrected chi connectivity index (χ0v) is 40.7. The van der Waals surface area contributed by atoms with Crippen LogP contribution < -0.4 is 20.4 Å². The summed E-state index contributed by atoms with van der Waals surface area (Å²) in [6, 6.07) is 18.7. The van der Waals surface area contributed by atoms with E-state index in [0.29, 0.717) is 70.7 Å². The van der Waals surface area contributed by atoms with E-state index < -0.39 is 36.1 Å². The van der Waals surface area contributed by atoms with Crippen molar-refractivity contribution in [3.05, 3.63) is 72.8 Å². The maximum atomic E-state index is 11.9. The van der Waals surface area contributed by atoms with E-state index >= 15 is 0 Å². The van der Waals surface area contributed by atoms with E-state index in [9.17, 15) is 38.9 Å². The number of benzene rings is 4. The molecular formula is C39H41N13O9S6. The highest BCUT2D eigenvalue weighted by atomic mass is 32.2. The highest BCUT2D eigenvalue weighted by Gasteiger charge is 2.19. The molecule has 7 rings (SSSR count). The number of azo groups is 2. The molecule has 0 atom stereocenters. The molecule has 0 aliphatic heterocycles. The van der Waals surface area contributed by atoms with Gasteiger partial charge in [0.25, 0.3) is 30.4 Å². The first-order valence-corrected chi connectivity index (χ1v) is 27.1. The second-order valence-electron chi connectivity index (χ2n) is 14.1. The highest BCUT2D eigenvalue weighted by Crippen LogP contribution is 2.39. The van der Waals surface area contributed by atoms with E-state index in [1.54, 1.807) is 12.1 Å². The predicted molar refractivity (Wildman–Crippen MR) is 261 cm³/mol. The number of hydrogen-bond acceptors (Lipinski definition) is 22. The van der Waals surface area contributed by atoms with Crippen LogP contribution in [0, 0.1) is 0 Å². The molecule has 3 heterocycles. The fourth-order valence-electron chi connectivity index (χ4n) is 6.48. The molecule has 28 heteroatoms. The summed E-state index contributed by atoms with van der Waals surface area (Å²) in [5, 5.41) is 25.6. The summed E-state index contributed by atoms with van der Waals surface area (Å²) in [5.41, 5.74) is 3.93. The minimum absolute atomic E-state index is 0.00474. The molecule has 22 nitrogen and oxygen atoms in total. The summed E-state index contributed by atoms with van der Waals surface area (Å²) in [5.74, 6) is -0.706. The molecule has 3 aromatic heterocycles. The van der Waals surface area contributed by atoms with Crippen molar-refractivity contribution in [3.63, 3.8) is 0 Å². The largest absolute Gasteiger partial charge is 0.372 e. The van der Waals surface area contributed by atoms with Crippen LogP contribution in [0.2, 0.25) is 0 Å². The molecule has 0 spiro atoms. The van der Waals surface area contributed by atoms with Crippen molar-refractivity contribution in [1.82, 2.24) is 23.7 Å². The van der Waals surface area contributed by atoms with Gasteiger partial charge in [0.2, 0.25) is 11.9 Å². The number of rotatable bonds is 20. The molecular weight excluding hydrogens is 987 g/mol. The summed E-state index contributed by atoms with van der Waals surface area (Å²) in [6.45, 7) is 10.7. The zero-order chi connectivity index (χ0) is 48.1. The molecule has 0 saturated carbocycles. The summed E-state index contributed by atoms with van der Waals surface area (Å²) in [7, 11) is -13.3. The van der Waals surface area contributed by atoms with Crippen LogP contribution in [0.25, 0.3) is 21.8 Å². The van der Waals surface area contributed by atoms with Crippen molar-refractivity contribution < 1.29 is 38.9 Å². The monoisotopic (exact) mass is 1030 g/mol. The van der Waals surface area contributed by atoms with Crippen LogP contribution in [0.15, 0.2) is 108 Å². The van der Waals surface area contributed by atoms with E-state index in [2.05, 4.69) is 64.6 Å². The number of hydrogen-bond donors (Lipinski definition) is 5. The average molecular weight is 1030 g/mol. The van der Waals surface area contributed by atoms with Gasteiger partial charge in [0.15, 0.2) is 15.2 Å². The first kappa shape index (κ1) is 49.1. The standard InChI is InChI=1S/C39H41N13O9S6/c1-5-51(6-2)23-9-13-31(45-47-35-27-21-25(66(56,57)58)11-15-29(27)49-63-35)33(19-23)40-37-42-38(44-39(43-37)62-17-18-65(53,54)55)41-34-20-24(52(7-3)8-4)10-14-32(34)46-48-36-28-22-26(67(59,60)61)12-16-30(28)50-64-36/h9-16,19-22H,5-8,17-18H2,1-4H3,(H,53,54,55)(H,56,57,58)(H,59,60,61)(H2,40,41,42,43,44)/b47-45+,48-46+. The predicted octanol–water partition coefficient (Wildman–Crippen LogP) is 9.57. The van der Waals surface area contributed by atoms with Gasteiger partial charge in [-0.1, -0.05) is 11.8 Å². The SMILES string of the molecule is CCN(CC)c1ccc(/N=N/c2snc3ccc(S(=O)(=O)O)cc23)c(Nc2nc(Nc3cc(N(CC)CC)ccc3/N=N/c3snc4ccc(S(=O)(=O)O)cc34)nc(SCCS(=O)(=O)O)n2)c1. The summed E-state index contributed by atoms with van der Waals surface area (Å²) < 4.78 is 108. The summed E-state index contributed by atoms with van der Waals surface area (Å²) in [4.78, 5) is 17.4. The lowest BCUT2D eigenvalue weighted by molar-refractivity contribution is 0.481. The number of aromatic nitrogens is 5. The van der Waals surface area contributed by atoms with Crippen molar-refractivity contribution in [3.8, 4) is 0 Å². The molecule has 4 aromatic carbocycles. The van der Waals surface area contributed by atoms with Crippen LogP contribution in [0.5, 0.6) is 0 Å². The quantitative estimate of drug-likeness (QED) is 0.0269. The molecule has 0 aliphatic carbocycles. The van der Waals surface area contributed by atoms with Gasteiger partial charge >= 0.3 is 0 Å². The van der Waals surface area contributed by atoms with Gasteiger partial charge in [-0.25, -0.2) is 0 Å². The Morgan fingerprint density at radius 1 is 0.582 bits per heavy atom. The summed E-state index contributed by atoms with van der Waals surface area (Å²) in [6.07, 6.45) is 0. The van der Waals surface area contributed by atoms with Crippen LogP contribution in [0.4, 0.5) is 56.0 Å². The lowest BCUT2D eigenvalue weighted by Crippen LogP contribution is -2.21. The molecule has 0 amide bonds. The number of anilines is 6. The topological polar surface area (TPSA) is 308 Å². The van der Waals surface area contributed by atoms with Crippen molar-refractivity contribution in [1.29, 1.82) is 0 Å². The van der Waals surface area contributed by atoms with E-state index in [-0.39, 0.29) is 42.6 Å². The van der Waals surface area contributed by atoms with Crippen LogP contribution >= 0.6 is 34.8 Å². The first-order chi connectivity index (χ1) is 31.8. The van der Waals surface area contributed by atoms with Gasteiger partial charge in [-0.3, -0.25) is 13.7 Å². The third-order valence-corrected chi connectivity index (χ3v) is 14.9. The third-order valence-electron chi connectivity index (χ3n) is 9.85. The van der Waals surface area contributed by atoms with Crippen molar-refractivity contribution in [2.75, 3.05) is 58.1 Å². The number of nitrogens with zero attached hydrogens (tertiary/aromatic N) is 11. The highest BCUT2D eigenvalue weighted by molar-refractivity contribution is 8.00. The fourth-order valence-corrected chi connectivity index (χ4v) is 10.5. The van der Waals surface area contributed by atoms with Gasteiger partial charge in [0.1, 0.15) is 11.4 Å². The molecule has 0 aliphatic rings. The van der Waals surface area contributed by atoms with Crippen LogP contribution in [0.3, 0.4) is 0 Å². The Hall–Kier alpha value is -5.85. The Labute approximate surface area is 397 Å². The molecule has 67 heavy (non-hydrogen) atoms. The molecule has 0 saturated heterocycles. The van der Waals surface area contributed by atoms with Crippen LogP contribution in [-0.2, 0) is 30.4 Å². The van der Waals surface area contributed by atoms with Gasteiger partial charge in [0, 0.05) is 54.1 Å². The molecule has 0 radical (unpaired) electrons. The maximum absolute atomic E-state index is 11.9. The van der Waals surface area contributed by atoms with Crippen molar-refractivity contribution >= 4 is 143 Å². The Balaban J connectivity index is 1.30. The fraction of sp³-hybridized carbons (Fsp3) is 0.256. The van der Waals surface area contributed by atoms with Gasteiger partial charge in [-0.15, -0.1) is 20.5 Å². The number of fused-ring (bicyclic) bond motifs is 2. The van der Waals surface area contributed by atoms with Crippen LogP contribution in [-0.4, -0.2) is 100 Å². The average Bonchev–Trinajstić information content (AvgIpc) is 3.89. The molecule has 352 valence electrons. The van der Waals surface area contributed by atoms with Gasteiger partial charge < -0.3 is 20.4 Å². The van der Waals surface area contributed by atoms with Crippen LogP contribution in [0.1, 0.15) is 27.7 Å². The maximum Gasteiger partial charge on any atom is 0.294 e. The Kier molecular flexibility index (Phi) is 15.1. The number of nitrogens with one attached hydrogen (secondary N) is 2. The first-order valence-electron chi connectivity index (χ1n) is 20.1. The minimum Gasteiger partial charge on any atom is -0.372 e. The van der Waals surface area contributed by atoms with E-state index in [1.165, 1.54) is 36.4 Å². The Bertz CT molecular complexity index is 3160. The van der Waals surface area contributed by atoms with Gasteiger partial charge in [-0.2, -0.15) is 49.0 Å². The molecule has 0 unspecified atom stereocenters. The van der Waals surface area contributed by atoms with E-state index in [4.69, 9.17) is 0 Å². The second-order valence-corrected chi connectivity index (χ2v) is 21.1.